The number of para-hydroxylation sites is 1. The largest absolute Gasteiger partial charge is 0.491 e. The first-order valence-electron chi connectivity index (χ1n) is 11.4. The Hall–Kier alpha value is -1.77. The number of benzene rings is 1. The van der Waals surface area contributed by atoms with Crippen LogP contribution in [0.3, 0.4) is 0 Å². The van der Waals surface area contributed by atoms with Crippen LogP contribution in [0.15, 0.2) is 34.0 Å². The van der Waals surface area contributed by atoms with Gasteiger partial charge >= 0.3 is 5.97 Å². The number of carbonyl (C=O) groups is 2. The molecule has 2 aromatic rings. The second-order valence-corrected chi connectivity index (χ2v) is 11.2. The number of rotatable bonds is 13. The van der Waals surface area contributed by atoms with Crippen molar-refractivity contribution < 1.29 is 19.4 Å². The molecule has 0 radical (unpaired) electrons. The molecular formula is C24H31ClN2O4S2. The van der Waals surface area contributed by atoms with Crippen LogP contribution in [0.5, 0.6) is 5.75 Å². The van der Waals surface area contributed by atoms with Crippen molar-refractivity contribution in [1.29, 1.82) is 0 Å². The number of amides is 1. The van der Waals surface area contributed by atoms with E-state index < -0.39 is 5.97 Å². The van der Waals surface area contributed by atoms with Crippen molar-refractivity contribution >= 4 is 46.6 Å². The first-order valence-corrected chi connectivity index (χ1v) is 13.7. The lowest BCUT2D eigenvalue weighted by Gasteiger charge is -2.26. The Kier molecular flexibility index (Phi) is 9.89. The number of hydrogen-bond acceptors (Lipinski definition) is 6. The van der Waals surface area contributed by atoms with Crippen LogP contribution < -0.4 is 4.74 Å². The van der Waals surface area contributed by atoms with Crippen LogP contribution in [0, 0.1) is 0 Å². The van der Waals surface area contributed by atoms with Crippen LogP contribution >= 0.6 is 34.7 Å². The Bertz CT molecular complexity index is 937. The van der Waals surface area contributed by atoms with Crippen LogP contribution in [-0.2, 0) is 4.79 Å². The number of aromatic nitrogens is 1. The summed E-state index contributed by atoms with van der Waals surface area (Å²) in [6.45, 7) is 5.26. The Morgan fingerprint density at radius 1 is 1.42 bits per heavy atom. The molecule has 1 amide bonds. The highest BCUT2D eigenvalue weighted by Gasteiger charge is 2.31. The first-order chi connectivity index (χ1) is 15.9. The van der Waals surface area contributed by atoms with Crippen LogP contribution in [0.25, 0.3) is 0 Å². The number of nitrogens with zero attached hydrogens (tertiary/aromatic N) is 2. The van der Waals surface area contributed by atoms with E-state index in [9.17, 15) is 9.59 Å². The molecule has 1 aromatic heterocycles. The van der Waals surface area contributed by atoms with Gasteiger partial charge in [-0.25, -0.2) is 9.78 Å². The lowest BCUT2D eigenvalue weighted by Crippen LogP contribution is -2.38. The lowest BCUT2D eigenvalue weighted by molar-refractivity contribution is -0.129. The molecule has 9 heteroatoms. The minimum atomic E-state index is -1.02. The molecule has 1 saturated heterocycles. The number of ether oxygens (including phenoxy) is 1. The van der Waals surface area contributed by atoms with Gasteiger partial charge < -0.3 is 14.7 Å². The van der Waals surface area contributed by atoms with Crippen molar-refractivity contribution in [3.8, 4) is 5.75 Å². The summed E-state index contributed by atoms with van der Waals surface area (Å²) in [5.41, 5.74) is 1.26. The van der Waals surface area contributed by atoms with Crippen molar-refractivity contribution in [3.05, 3.63) is 40.9 Å². The standard InChI is InChI=1S/C24H31ClN2O4S2/c1-3-6-17(13-16(2)25)19-7-4-5-8-21(19)31-14-18-9-10-22(28)27(18)11-12-32-24-26-20(15-33-24)23(29)30/h4-5,7-8,15-18H,3,6,9-14H2,1-2H3,(H,29,30)/t16?,17?,18-/m1/s1. The third kappa shape index (κ3) is 7.36. The summed E-state index contributed by atoms with van der Waals surface area (Å²) in [5.74, 6) is 1.02. The number of halogens is 1. The summed E-state index contributed by atoms with van der Waals surface area (Å²) in [6.07, 6.45) is 4.36. The average molecular weight is 511 g/mol. The molecular weight excluding hydrogens is 480 g/mol. The molecule has 1 fully saturated rings. The number of thiazole rings is 1. The third-order valence-electron chi connectivity index (χ3n) is 5.75. The van der Waals surface area contributed by atoms with Crippen molar-refractivity contribution in [2.24, 2.45) is 0 Å². The van der Waals surface area contributed by atoms with Gasteiger partial charge in [0.1, 0.15) is 12.4 Å². The summed E-state index contributed by atoms with van der Waals surface area (Å²) in [6, 6.07) is 8.20. The molecule has 1 aromatic carbocycles. The highest BCUT2D eigenvalue weighted by molar-refractivity contribution is 8.01. The van der Waals surface area contributed by atoms with Crippen molar-refractivity contribution in [1.82, 2.24) is 9.88 Å². The average Bonchev–Trinajstić information content (AvgIpc) is 3.39. The van der Waals surface area contributed by atoms with Crippen LogP contribution in [0.2, 0.25) is 0 Å². The second kappa shape index (κ2) is 12.6. The zero-order valence-electron chi connectivity index (χ0n) is 19.0. The lowest BCUT2D eigenvalue weighted by atomic mass is 9.89. The Morgan fingerprint density at radius 2 is 2.21 bits per heavy atom. The normalized spacial score (nSPS) is 17.8. The summed E-state index contributed by atoms with van der Waals surface area (Å²) in [4.78, 5) is 29.4. The highest BCUT2D eigenvalue weighted by Crippen LogP contribution is 2.35. The monoisotopic (exact) mass is 510 g/mol. The third-order valence-corrected chi connectivity index (χ3v) is 7.93. The topological polar surface area (TPSA) is 79.7 Å². The van der Waals surface area contributed by atoms with E-state index in [2.05, 4.69) is 18.0 Å². The quantitative estimate of drug-likeness (QED) is 0.267. The minimum Gasteiger partial charge on any atom is -0.491 e. The van der Waals surface area contributed by atoms with E-state index in [4.69, 9.17) is 21.4 Å². The van der Waals surface area contributed by atoms with Gasteiger partial charge in [-0.15, -0.1) is 22.9 Å². The van der Waals surface area contributed by atoms with Crippen LogP contribution in [-0.4, -0.2) is 57.2 Å². The number of likely N-dealkylation sites (tertiary alicyclic amines) is 1. The van der Waals surface area contributed by atoms with Gasteiger partial charge in [-0.3, -0.25) is 4.79 Å². The molecule has 0 saturated carbocycles. The fourth-order valence-electron chi connectivity index (χ4n) is 4.20. The molecule has 0 bridgehead atoms. The van der Waals surface area contributed by atoms with E-state index in [0.717, 1.165) is 31.4 Å². The minimum absolute atomic E-state index is 0.0357. The molecule has 1 aliphatic heterocycles. The van der Waals surface area contributed by atoms with E-state index in [1.807, 2.05) is 30.0 Å². The second-order valence-electron chi connectivity index (χ2n) is 8.28. The van der Waals surface area contributed by atoms with E-state index in [-0.39, 0.29) is 23.0 Å². The molecule has 3 atom stereocenters. The van der Waals surface area contributed by atoms with Crippen molar-refractivity contribution in [2.45, 2.75) is 67.6 Å². The van der Waals surface area contributed by atoms with Crippen LogP contribution in [0.1, 0.15) is 67.9 Å². The van der Waals surface area contributed by atoms with Gasteiger partial charge in [0.25, 0.3) is 0 Å². The number of hydrogen-bond donors (Lipinski definition) is 1. The van der Waals surface area contributed by atoms with E-state index >= 15 is 0 Å². The Labute approximate surface area is 208 Å². The number of thioether (sulfide) groups is 1. The van der Waals surface area contributed by atoms with E-state index in [0.29, 0.717) is 35.6 Å². The fraction of sp³-hybridized carbons (Fsp3) is 0.542. The molecule has 2 heterocycles. The Balaban J connectivity index is 1.58. The van der Waals surface area contributed by atoms with Gasteiger partial charge in [0.15, 0.2) is 10.0 Å². The summed E-state index contributed by atoms with van der Waals surface area (Å²) >= 11 is 9.11. The summed E-state index contributed by atoms with van der Waals surface area (Å²) in [5, 5.41) is 10.6. The smallest absolute Gasteiger partial charge is 0.355 e. The number of carboxylic acids is 1. The van der Waals surface area contributed by atoms with Crippen molar-refractivity contribution in [3.63, 3.8) is 0 Å². The highest BCUT2D eigenvalue weighted by atomic mass is 35.5. The molecule has 6 nitrogen and oxygen atoms in total. The van der Waals surface area contributed by atoms with Crippen LogP contribution in [0.4, 0.5) is 0 Å². The van der Waals surface area contributed by atoms with Gasteiger partial charge in [0.2, 0.25) is 5.91 Å². The predicted octanol–water partition coefficient (Wildman–Crippen LogP) is 5.90. The fourth-order valence-corrected chi connectivity index (χ4v) is 6.23. The van der Waals surface area contributed by atoms with E-state index in [1.54, 1.807) is 0 Å². The maximum atomic E-state index is 12.5. The molecule has 33 heavy (non-hydrogen) atoms. The summed E-state index contributed by atoms with van der Waals surface area (Å²) < 4.78 is 6.99. The Morgan fingerprint density at radius 3 is 2.91 bits per heavy atom. The molecule has 2 unspecified atom stereocenters. The molecule has 1 aliphatic rings. The van der Waals surface area contributed by atoms with E-state index in [1.165, 1.54) is 34.0 Å². The molecule has 180 valence electrons. The molecule has 0 aliphatic carbocycles. The predicted molar refractivity (Wildman–Crippen MR) is 134 cm³/mol. The van der Waals surface area contributed by atoms with Gasteiger partial charge in [-0.05, 0) is 43.7 Å². The zero-order chi connectivity index (χ0) is 23.8. The maximum Gasteiger partial charge on any atom is 0.355 e. The molecule has 0 spiro atoms. The number of carboxylic acid groups (broad SMARTS) is 1. The molecule has 3 rings (SSSR count). The molecule has 1 N–H and O–H groups in total. The SMILES string of the molecule is CCCC(CC(C)Cl)c1ccccc1OC[C@H]1CCC(=O)N1CCSc1nc(C(=O)O)cs1. The van der Waals surface area contributed by atoms with Gasteiger partial charge in [0, 0.05) is 29.5 Å². The van der Waals surface area contributed by atoms with Gasteiger partial charge in [0.05, 0.1) is 6.04 Å². The van der Waals surface area contributed by atoms with Gasteiger partial charge in [-0.1, -0.05) is 43.3 Å². The number of aromatic carboxylic acids is 1. The zero-order valence-corrected chi connectivity index (χ0v) is 21.4. The van der Waals surface area contributed by atoms with Crippen molar-refractivity contribution in [2.75, 3.05) is 18.9 Å². The van der Waals surface area contributed by atoms with Gasteiger partial charge in [-0.2, -0.15) is 0 Å². The first kappa shape index (κ1) is 25.8. The number of carbonyl (C=O) groups excluding carboxylic acids is 1. The summed E-state index contributed by atoms with van der Waals surface area (Å²) in [7, 11) is 0. The number of alkyl halides is 1. The maximum absolute atomic E-state index is 12.5.